The van der Waals surface area contributed by atoms with Crippen molar-refractivity contribution in [1.82, 2.24) is 5.32 Å². The van der Waals surface area contributed by atoms with Crippen LogP contribution in [0.15, 0.2) is 36.4 Å². The Labute approximate surface area is 215 Å². The highest BCUT2D eigenvalue weighted by atomic mass is 35.5. The number of hydrogen-bond acceptors (Lipinski definition) is 4. The normalized spacial score (nSPS) is 19.1. The van der Waals surface area contributed by atoms with Crippen LogP contribution in [-0.4, -0.2) is 36.9 Å². The first-order valence-electron chi connectivity index (χ1n) is 9.52. The highest BCUT2D eigenvalue weighted by molar-refractivity contribution is 7.89. The zero-order chi connectivity index (χ0) is 24.6. The Morgan fingerprint density at radius 2 is 1.67 bits per heavy atom. The van der Waals surface area contributed by atoms with Gasteiger partial charge in [0.25, 0.3) is 5.91 Å². The maximum Gasteiger partial charge on any atom is 0.252 e. The molecular weight excluding hydrogens is 556 g/mol. The Bertz CT molecular complexity index is 1190. The third-order valence-corrected chi connectivity index (χ3v) is 7.51. The highest BCUT2D eigenvalue weighted by Crippen LogP contribution is 2.65. The molecule has 0 heterocycles. The third-order valence-electron chi connectivity index (χ3n) is 4.95. The van der Waals surface area contributed by atoms with Crippen molar-refractivity contribution in [2.45, 2.75) is 16.7 Å². The minimum absolute atomic E-state index is 0.0785. The number of carbonyl (C=O) groups is 2. The Kier molecular flexibility index (Phi) is 8.11. The van der Waals surface area contributed by atoms with Gasteiger partial charge in [-0.3, -0.25) is 9.59 Å². The van der Waals surface area contributed by atoms with E-state index in [4.69, 9.17) is 63.1 Å². The predicted octanol–water partition coefficient (Wildman–Crippen LogP) is 4.58. The van der Waals surface area contributed by atoms with Gasteiger partial charge in [0.2, 0.25) is 15.9 Å². The Hall–Kier alpha value is -1.26. The summed E-state index contributed by atoms with van der Waals surface area (Å²) in [6.45, 7) is 0.0785. The average molecular weight is 574 g/mol. The molecule has 0 aliphatic heterocycles. The molecule has 0 spiro atoms. The molecule has 0 aromatic heterocycles. The van der Waals surface area contributed by atoms with Crippen molar-refractivity contribution in [2.24, 2.45) is 11.1 Å². The lowest BCUT2D eigenvalue weighted by Gasteiger charge is -2.10. The van der Waals surface area contributed by atoms with Gasteiger partial charge in [-0.1, -0.05) is 34.8 Å². The summed E-state index contributed by atoms with van der Waals surface area (Å²) in [6, 6.07) is 9.22. The fraction of sp³-hybridized carbons (Fsp3) is 0.300. The average Bonchev–Trinajstić information content (AvgIpc) is 3.27. The number of sulfonamides is 1. The number of primary sulfonamides is 1. The van der Waals surface area contributed by atoms with Crippen molar-refractivity contribution in [3.8, 4) is 0 Å². The summed E-state index contributed by atoms with van der Waals surface area (Å²) in [5.74, 6) is -2.56. The third kappa shape index (κ3) is 6.66. The molecule has 0 radical (unpaired) electrons. The zero-order valence-electron chi connectivity index (χ0n) is 16.7. The van der Waals surface area contributed by atoms with E-state index in [9.17, 15) is 18.0 Å². The van der Waals surface area contributed by atoms with E-state index < -0.39 is 38.0 Å². The Balaban J connectivity index is 1.68. The van der Waals surface area contributed by atoms with Crippen LogP contribution >= 0.6 is 58.0 Å². The molecule has 1 saturated carbocycles. The Morgan fingerprint density at radius 1 is 1.03 bits per heavy atom. The predicted molar refractivity (Wildman–Crippen MR) is 132 cm³/mol. The molecule has 2 atom stereocenters. The van der Waals surface area contributed by atoms with Gasteiger partial charge in [-0.2, -0.15) is 0 Å². The first-order chi connectivity index (χ1) is 15.3. The molecule has 33 heavy (non-hydrogen) atoms. The van der Waals surface area contributed by atoms with Crippen LogP contribution in [0.1, 0.15) is 28.3 Å². The second-order valence-corrected chi connectivity index (χ2v) is 12.0. The van der Waals surface area contributed by atoms with Gasteiger partial charge < -0.3 is 10.6 Å². The van der Waals surface area contributed by atoms with Gasteiger partial charge in [0.1, 0.15) is 4.33 Å². The van der Waals surface area contributed by atoms with Crippen molar-refractivity contribution in [3.63, 3.8) is 0 Å². The molecule has 0 bridgehead atoms. The molecule has 1 aliphatic rings. The van der Waals surface area contributed by atoms with Crippen LogP contribution in [0.2, 0.25) is 15.1 Å². The van der Waals surface area contributed by atoms with Crippen molar-refractivity contribution in [2.75, 3.05) is 17.6 Å². The van der Waals surface area contributed by atoms with Crippen molar-refractivity contribution in [3.05, 3.63) is 62.6 Å². The summed E-state index contributed by atoms with van der Waals surface area (Å²) in [6.07, 6.45) is 0.142. The summed E-state index contributed by atoms with van der Waals surface area (Å²) < 4.78 is 20.6. The van der Waals surface area contributed by atoms with Gasteiger partial charge in [-0.25, -0.2) is 13.6 Å². The minimum Gasteiger partial charge on any atom is -0.352 e. The lowest BCUT2D eigenvalue weighted by atomic mass is 10.1. The molecule has 1 aliphatic carbocycles. The second-order valence-electron chi connectivity index (χ2n) is 7.49. The first-order valence-corrected chi connectivity index (χ1v) is 13.1. The van der Waals surface area contributed by atoms with Gasteiger partial charge in [0.05, 0.1) is 22.3 Å². The van der Waals surface area contributed by atoms with E-state index in [2.05, 4.69) is 10.6 Å². The number of hydrogen-bond donors (Lipinski definition) is 3. The standard InChI is InChI=1S/C20H18Cl5N3O4S/c21-11-6-10(7-12(22)8-11)16-17(20(16,24)25)19(30)28-13-2-3-15(23)14(9-13)18(29)27-4-1-5-33(26,31)32/h2-3,6-9,16-17H,1,4-5H2,(H,27,29)(H,28,30)(H2,26,31,32)/t16-,17+/m1/s1. The lowest BCUT2D eigenvalue weighted by Crippen LogP contribution is -2.27. The molecule has 4 N–H and O–H groups in total. The summed E-state index contributed by atoms with van der Waals surface area (Å²) in [5, 5.41) is 11.1. The minimum atomic E-state index is -3.62. The summed E-state index contributed by atoms with van der Waals surface area (Å²) in [5.41, 5.74) is 1.04. The number of alkyl halides is 2. The second kappa shape index (κ2) is 10.2. The number of nitrogens with one attached hydrogen (secondary N) is 2. The molecule has 2 aromatic rings. The van der Waals surface area contributed by atoms with Crippen LogP contribution < -0.4 is 15.8 Å². The fourth-order valence-corrected chi connectivity index (χ4v) is 5.51. The van der Waals surface area contributed by atoms with Gasteiger partial charge in [-0.05, 0) is 48.4 Å². The van der Waals surface area contributed by atoms with E-state index in [1.807, 2.05) is 0 Å². The molecule has 0 unspecified atom stereocenters. The van der Waals surface area contributed by atoms with Gasteiger partial charge in [-0.15, -0.1) is 23.2 Å². The summed E-state index contributed by atoms with van der Waals surface area (Å²) >= 11 is 30.9. The summed E-state index contributed by atoms with van der Waals surface area (Å²) in [7, 11) is -3.62. The smallest absolute Gasteiger partial charge is 0.252 e. The van der Waals surface area contributed by atoms with Crippen molar-refractivity contribution >= 4 is 85.5 Å². The van der Waals surface area contributed by atoms with Crippen LogP contribution in [0.3, 0.4) is 0 Å². The highest BCUT2D eigenvalue weighted by Gasteiger charge is 2.67. The van der Waals surface area contributed by atoms with Crippen LogP contribution in [0.5, 0.6) is 0 Å². The molecule has 13 heteroatoms. The number of carbonyl (C=O) groups excluding carboxylic acids is 2. The fourth-order valence-electron chi connectivity index (χ4n) is 3.39. The van der Waals surface area contributed by atoms with Crippen LogP contribution in [0.25, 0.3) is 0 Å². The number of amides is 2. The molecule has 0 saturated heterocycles. The molecule has 2 aromatic carbocycles. The summed E-state index contributed by atoms with van der Waals surface area (Å²) in [4.78, 5) is 25.3. The van der Waals surface area contributed by atoms with Crippen molar-refractivity contribution < 1.29 is 18.0 Å². The molecule has 2 amide bonds. The van der Waals surface area contributed by atoms with E-state index in [1.54, 1.807) is 18.2 Å². The van der Waals surface area contributed by atoms with E-state index in [0.717, 1.165) is 0 Å². The topological polar surface area (TPSA) is 118 Å². The van der Waals surface area contributed by atoms with Crippen LogP contribution in [-0.2, 0) is 14.8 Å². The van der Waals surface area contributed by atoms with Gasteiger partial charge >= 0.3 is 0 Å². The molecule has 7 nitrogen and oxygen atoms in total. The number of nitrogens with two attached hydrogens (primary N) is 1. The zero-order valence-corrected chi connectivity index (χ0v) is 21.3. The number of rotatable bonds is 8. The van der Waals surface area contributed by atoms with Crippen LogP contribution in [0, 0.1) is 5.92 Å². The molecule has 1 fully saturated rings. The molecular formula is C20H18Cl5N3O4S. The van der Waals surface area contributed by atoms with Crippen molar-refractivity contribution in [1.29, 1.82) is 0 Å². The molecule has 3 rings (SSSR count). The number of benzene rings is 2. The van der Waals surface area contributed by atoms with Gasteiger partial charge in [0.15, 0.2) is 0 Å². The van der Waals surface area contributed by atoms with Crippen LogP contribution in [0.4, 0.5) is 5.69 Å². The monoisotopic (exact) mass is 571 g/mol. The molecule has 178 valence electrons. The lowest BCUT2D eigenvalue weighted by molar-refractivity contribution is -0.117. The quantitative estimate of drug-likeness (QED) is 0.316. The Morgan fingerprint density at radius 3 is 2.27 bits per heavy atom. The van der Waals surface area contributed by atoms with E-state index in [1.165, 1.54) is 18.2 Å². The SMILES string of the molecule is NS(=O)(=O)CCCNC(=O)c1cc(NC(=O)[C@@H]2[C@@H](c3cc(Cl)cc(Cl)c3)C2(Cl)Cl)ccc1Cl. The number of halogens is 5. The number of anilines is 1. The van der Waals surface area contributed by atoms with E-state index >= 15 is 0 Å². The maximum absolute atomic E-state index is 12.9. The largest absolute Gasteiger partial charge is 0.352 e. The maximum atomic E-state index is 12.9. The van der Waals surface area contributed by atoms with E-state index in [-0.39, 0.29) is 29.3 Å². The first kappa shape index (κ1) is 26.3. The van der Waals surface area contributed by atoms with Gasteiger partial charge in [0, 0.05) is 28.2 Å². The van der Waals surface area contributed by atoms with E-state index in [0.29, 0.717) is 21.3 Å².